The number of unbranched alkanes of at least 4 members (excludes halogenated alkanes) is 1. The summed E-state index contributed by atoms with van der Waals surface area (Å²) >= 11 is 2.29. The Morgan fingerprint density at radius 2 is 2.35 bits per heavy atom. The molecule has 0 aliphatic carbocycles. The summed E-state index contributed by atoms with van der Waals surface area (Å²) in [5, 5.41) is 3.18. The van der Waals surface area contributed by atoms with E-state index in [0.717, 1.165) is 25.0 Å². The van der Waals surface area contributed by atoms with E-state index < -0.39 is 0 Å². The van der Waals surface area contributed by atoms with E-state index in [2.05, 4.69) is 49.2 Å². The summed E-state index contributed by atoms with van der Waals surface area (Å²) in [6.07, 6.45) is 4.53. The van der Waals surface area contributed by atoms with Gasteiger partial charge in [-0.2, -0.15) is 9.97 Å². The Hall–Kier alpha value is -0.690. The molecule has 0 saturated heterocycles. The van der Waals surface area contributed by atoms with Gasteiger partial charge in [-0.1, -0.05) is 13.3 Å². The Morgan fingerprint density at radius 3 is 3.06 bits per heavy atom. The molecule has 92 valence electrons. The highest BCUT2D eigenvalue weighted by molar-refractivity contribution is 14.2. The SMILES string of the molecule is CCCCNc1nc(N)c2ncn(PI)c2n1. The quantitative estimate of drug-likeness (QED) is 0.484. The van der Waals surface area contributed by atoms with Crippen molar-refractivity contribution in [1.29, 1.82) is 0 Å². The van der Waals surface area contributed by atoms with E-state index in [1.807, 2.05) is 4.34 Å². The Balaban J connectivity index is 2.31. The molecular weight excluding hydrogens is 350 g/mol. The van der Waals surface area contributed by atoms with Gasteiger partial charge in [0.25, 0.3) is 0 Å². The Labute approximate surface area is 114 Å². The molecule has 2 aromatic heterocycles. The van der Waals surface area contributed by atoms with Crippen LogP contribution in [0.25, 0.3) is 11.2 Å². The average molecular weight is 364 g/mol. The van der Waals surface area contributed by atoms with Crippen LogP contribution in [-0.2, 0) is 0 Å². The van der Waals surface area contributed by atoms with Crippen LogP contribution in [0.2, 0.25) is 0 Å². The zero-order valence-corrected chi connectivity index (χ0v) is 12.6. The largest absolute Gasteiger partial charge is 0.382 e. The van der Waals surface area contributed by atoms with Crippen LogP contribution in [0.3, 0.4) is 0 Å². The van der Waals surface area contributed by atoms with Gasteiger partial charge in [0.1, 0.15) is 6.33 Å². The third-order valence-corrected chi connectivity index (χ3v) is 4.40. The molecule has 17 heavy (non-hydrogen) atoms. The van der Waals surface area contributed by atoms with E-state index in [0.29, 0.717) is 23.7 Å². The van der Waals surface area contributed by atoms with Gasteiger partial charge in [-0.25, -0.2) is 4.98 Å². The lowest BCUT2D eigenvalue weighted by atomic mass is 10.3. The maximum Gasteiger partial charge on any atom is 0.226 e. The molecule has 1 atom stereocenters. The number of nitrogens with one attached hydrogen (secondary N) is 1. The normalized spacial score (nSPS) is 11.6. The Morgan fingerprint density at radius 1 is 1.53 bits per heavy atom. The molecule has 2 rings (SSSR count). The lowest BCUT2D eigenvalue weighted by Crippen LogP contribution is -2.07. The minimum Gasteiger partial charge on any atom is -0.382 e. The molecule has 1 unspecified atom stereocenters. The monoisotopic (exact) mass is 364 g/mol. The number of nitrogens with two attached hydrogens (primary N) is 1. The Kier molecular flexibility index (Phi) is 4.33. The van der Waals surface area contributed by atoms with E-state index >= 15 is 0 Å². The van der Waals surface area contributed by atoms with Crippen molar-refractivity contribution in [2.24, 2.45) is 0 Å². The number of rotatable bonds is 5. The van der Waals surface area contributed by atoms with E-state index in [4.69, 9.17) is 5.73 Å². The molecule has 0 aliphatic heterocycles. The fourth-order valence-corrected chi connectivity index (χ4v) is 2.84. The second-order valence-electron chi connectivity index (χ2n) is 3.58. The molecule has 2 heterocycles. The van der Waals surface area contributed by atoms with Crippen LogP contribution >= 0.6 is 28.4 Å². The van der Waals surface area contributed by atoms with Crippen molar-refractivity contribution in [2.45, 2.75) is 19.8 Å². The first-order chi connectivity index (χ1) is 8.26. The second-order valence-corrected chi connectivity index (χ2v) is 5.68. The van der Waals surface area contributed by atoms with E-state index in [-0.39, 0.29) is 0 Å². The molecule has 0 fully saturated rings. The molecule has 3 N–H and O–H groups in total. The Bertz CT molecular complexity index is 513. The fourth-order valence-electron chi connectivity index (χ4n) is 1.44. The van der Waals surface area contributed by atoms with Gasteiger partial charge in [-0.05, 0) is 28.5 Å². The van der Waals surface area contributed by atoms with Crippen molar-refractivity contribution in [1.82, 2.24) is 19.3 Å². The first kappa shape index (κ1) is 12.8. The van der Waals surface area contributed by atoms with Crippen LogP contribution in [0.5, 0.6) is 0 Å². The van der Waals surface area contributed by atoms with Crippen molar-refractivity contribution < 1.29 is 0 Å². The van der Waals surface area contributed by atoms with Gasteiger partial charge in [0.15, 0.2) is 17.0 Å². The number of anilines is 2. The lowest BCUT2D eigenvalue weighted by molar-refractivity contribution is 0.827. The van der Waals surface area contributed by atoms with Crippen molar-refractivity contribution in [3.63, 3.8) is 0 Å². The molecule has 0 amide bonds. The summed E-state index contributed by atoms with van der Waals surface area (Å²) in [6.45, 7) is 3.01. The van der Waals surface area contributed by atoms with Gasteiger partial charge in [-0.3, -0.25) is 4.34 Å². The number of imidazole rings is 1. The maximum absolute atomic E-state index is 5.86. The van der Waals surface area contributed by atoms with Crippen LogP contribution in [0.1, 0.15) is 19.8 Å². The van der Waals surface area contributed by atoms with Gasteiger partial charge in [0.05, 0.1) is 6.37 Å². The maximum atomic E-state index is 5.86. The van der Waals surface area contributed by atoms with Crippen LogP contribution in [0.4, 0.5) is 11.8 Å². The lowest BCUT2D eigenvalue weighted by Gasteiger charge is -2.05. The van der Waals surface area contributed by atoms with Crippen LogP contribution in [-0.4, -0.2) is 25.8 Å². The second kappa shape index (κ2) is 5.77. The van der Waals surface area contributed by atoms with Gasteiger partial charge < -0.3 is 11.1 Å². The van der Waals surface area contributed by atoms with Gasteiger partial charge in [0, 0.05) is 6.54 Å². The number of halogens is 1. The van der Waals surface area contributed by atoms with Gasteiger partial charge in [0.2, 0.25) is 5.95 Å². The van der Waals surface area contributed by atoms with Crippen LogP contribution in [0.15, 0.2) is 6.33 Å². The van der Waals surface area contributed by atoms with Gasteiger partial charge in [-0.15, -0.1) is 0 Å². The predicted octanol–water partition coefficient (Wildman–Crippen LogP) is 2.41. The number of nitrogens with zero attached hydrogens (tertiary/aromatic N) is 4. The van der Waals surface area contributed by atoms with Crippen molar-refractivity contribution in [3.05, 3.63) is 6.33 Å². The molecule has 2 aromatic rings. The standard InChI is InChI=1S/C9H14IN6P/c1-2-3-4-12-9-14-7(11)6-8(15-9)16(17-10)5-13-6/h5,17H,2-4H2,1H3,(H3,11,12,14,15). The van der Waals surface area contributed by atoms with E-state index in [1.165, 1.54) is 0 Å². The average Bonchev–Trinajstić information content (AvgIpc) is 2.73. The molecule has 0 bridgehead atoms. The zero-order valence-electron chi connectivity index (χ0n) is 9.44. The van der Waals surface area contributed by atoms with Crippen molar-refractivity contribution in [3.8, 4) is 0 Å². The van der Waals surface area contributed by atoms with Crippen LogP contribution in [0, 0.1) is 0 Å². The molecule has 0 radical (unpaired) electrons. The van der Waals surface area contributed by atoms with E-state index in [9.17, 15) is 0 Å². The van der Waals surface area contributed by atoms with Gasteiger partial charge >= 0.3 is 0 Å². The third kappa shape index (κ3) is 2.77. The molecule has 0 spiro atoms. The number of nitrogen functional groups attached to an aromatic ring is 1. The smallest absolute Gasteiger partial charge is 0.226 e. The highest BCUT2D eigenvalue weighted by Gasteiger charge is 2.10. The first-order valence-corrected chi connectivity index (χ1v) is 9.43. The predicted molar refractivity (Wildman–Crippen MR) is 80.9 cm³/mol. The zero-order chi connectivity index (χ0) is 12.3. The highest BCUT2D eigenvalue weighted by Crippen LogP contribution is 2.29. The minimum atomic E-state index is 0.433. The summed E-state index contributed by atoms with van der Waals surface area (Å²) in [7, 11) is 0. The van der Waals surface area contributed by atoms with Crippen molar-refractivity contribution >= 4 is 51.3 Å². The summed E-state index contributed by atoms with van der Waals surface area (Å²) in [6, 6.07) is 0. The van der Waals surface area contributed by atoms with E-state index in [1.54, 1.807) is 6.33 Å². The molecule has 6 nitrogen and oxygen atoms in total. The highest BCUT2D eigenvalue weighted by atomic mass is 127. The first-order valence-electron chi connectivity index (χ1n) is 5.37. The molecule has 8 heteroatoms. The number of hydrogen-bond acceptors (Lipinski definition) is 5. The topological polar surface area (TPSA) is 81.6 Å². The minimum absolute atomic E-state index is 0.433. The third-order valence-electron chi connectivity index (χ3n) is 2.33. The summed E-state index contributed by atoms with van der Waals surface area (Å²) in [5.41, 5.74) is 7.33. The van der Waals surface area contributed by atoms with Crippen molar-refractivity contribution in [2.75, 3.05) is 17.6 Å². The molecule has 0 aliphatic rings. The summed E-state index contributed by atoms with van der Waals surface area (Å²) in [5.74, 6) is 1.02. The van der Waals surface area contributed by atoms with Crippen LogP contribution < -0.4 is 11.1 Å². The summed E-state index contributed by atoms with van der Waals surface area (Å²) < 4.78 is 1.97. The molecular formula is C9H14IN6P. The molecule has 0 aromatic carbocycles. The molecule has 0 saturated carbocycles. The number of hydrogen-bond donors (Lipinski definition) is 2. The number of aromatic nitrogens is 4. The summed E-state index contributed by atoms with van der Waals surface area (Å²) in [4.78, 5) is 12.9. The number of fused-ring (bicyclic) bond motifs is 1. The fraction of sp³-hybridized carbons (Fsp3) is 0.444.